The number of sulfonamides is 1. The Bertz CT molecular complexity index is 458. The third-order valence-corrected chi connectivity index (χ3v) is 3.47. The molecular formula is C11H18N2O3S. The van der Waals surface area contributed by atoms with E-state index in [4.69, 9.17) is 10.5 Å². The van der Waals surface area contributed by atoms with Crippen molar-refractivity contribution in [3.8, 4) is 0 Å². The fourth-order valence-corrected chi connectivity index (χ4v) is 2.30. The number of rotatable bonds is 6. The van der Waals surface area contributed by atoms with Crippen molar-refractivity contribution in [2.45, 2.75) is 24.8 Å². The van der Waals surface area contributed by atoms with Crippen LogP contribution in [0.15, 0.2) is 29.2 Å². The molecule has 0 bridgehead atoms. The van der Waals surface area contributed by atoms with Crippen LogP contribution in [0.5, 0.6) is 0 Å². The van der Waals surface area contributed by atoms with E-state index in [0.29, 0.717) is 12.3 Å². The summed E-state index contributed by atoms with van der Waals surface area (Å²) in [5.74, 6) is 0. The molecule has 1 aromatic carbocycles. The summed E-state index contributed by atoms with van der Waals surface area (Å²) in [5, 5.41) is 0. The van der Waals surface area contributed by atoms with E-state index in [2.05, 4.69) is 4.72 Å². The Hall–Kier alpha value is -1.11. The summed E-state index contributed by atoms with van der Waals surface area (Å²) in [6.45, 7) is 4.38. The zero-order chi connectivity index (χ0) is 12.9. The average molecular weight is 258 g/mol. The summed E-state index contributed by atoms with van der Waals surface area (Å²) < 4.78 is 31.3. The third kappa shape index (κ3) is 4.72. The largest absolute Gasteiger partial charge is 0.399 e. The van der Waals surface area contributed by atoms with Crippen molar-refractivity contribution in [1.82, 2.24) is 4.72 Å². The van der Waals surface area contributed by atoms with E-state index in [9.17, 15) is 8.42 Å². The Kier molecular flexibility index (Phi) is 4.92. The van der Waals surface area contributed by atoms with Gasteiger partial charge < -0.3 is 10.5 Å². The molecule has 0 amide bonds. The number of nitrogens with one attached hydrogen (secondary N) is 1. The second kappa shape index (κ2) is 6.00. The minimum Gasteiger partial charge on any atom is -0.399 e. The number of anilines is 1. The smallest absolute Gasteiger partial charge is 0.240 e. The lowest BCUT2D eigenvalue weighted by Crippen LogP contribution is -2.28. The molecule has 0 atom stereocenters. The third-order valence-electron chi connectivity index (χ3n) is 2.01. The molecule has 0 aliphatic carbocycles. The van der Waals surface area contributed by atoms with E-state index in [1.165, 1.54) is 12.1 Å². The molecule has 0 radical (unpaired) electrons. The molecule has 0 saturated heterocycles. The maximum Gasteiger partial charge on any atom is 0.240 e. The summed E-state index contributed by atoms with van der Waals surface area (Å²) in [5.41, 5.74) is 5.96. The highest BCUT2D eigenvalue weighted by atomic mass is 32.2. The predicted octanol–water partition coefficient (Wildman–Crippen LogP) is 0.972. The van der Waals surface area contributed by atoms with Crippen molar-refractivity contribution in [1.29, 1.82) is 0 Å². The van der Waals surface area contributed by atoms with Crippen molar-refractivity contribution >= 4 is 15.7 Å². The van der Waals surface area contributed by atoms with Gasteiger partial charge in [-0.25, -0.2) is 13.1 Å². The summed E-state index contributed by atoms with van der Waals surface area (Å²) in [6, 6.07) is 6.17. The first-order valence-corrected chi connectivity index (χ1v) is 6.87. The van der Waals surface area contributed by atoms with Gasteiger partial charge in [0.05, 0.1) is 17.6 Å². The zero-order valence-corrected chi connectivity index (χ0v) is 10.8. The number of ether oxygens (including phenoxy) is 1. The van der Waals surface area contributed by atoms with Gasteiger partial charge in [0, 0.05) is 12.2 Å². The molecule has 0 aromatic heterocycles. The molecule has 0 spiro atoms. The highest BCUT2D eigenvalue weighted by Gasteiger charge is 2.13. The molecule has 0 aliphatic heterocycles. The van der Waals surface area contributed by atoms with Gasteiger partial charge in [0.1, 0.15) is 0 Å². The molecule has 0 unspecified atom stereocenters. The normalized spacial score (nSPS) is 11.9. The van der Waals surface area contributed by atoms with Crippen molar-refractivity contribution in [3.63, 3.8) is 0 Å². The lowest BCUT2D eigenvalue weighted by atomic mass is 10.3. The van der Waals surface area contributed by atoms with Crippen LogP contribution < -0.4 is 10.5 Å². The summed E-state index contributed by atoms with van der Waals surface area (Å²) in [6.07, 6.45) is 0.0897. The first-order valence-electron chi connectivity index (χ1n) is 5.38. The van der Waals surface area contributed by atoms with Crippen molar-refractivity contribution in [3.05, 3.63) is 24.3 Å². The van der Waals surface area contributed by atoms with Gasteiger partial charge in [0.15, 0.2) is 0 Å². The first kappa shape index (κ1) is 14.0. The fourth-order valence-electron chi connectivity index (χ4n) is 1.24. The molecule has 0 heterocycles. The summed E-state index contributed by atoms with van der Waals surface area (Å²) in [4.78, 5) is 0.169. The summed E-state index contributed by atoms with van der Waals surface area (Å²) in [7, 11) is -3.49. The predicted molar refractivity (Wildman–Crippen MR) is 67.1 cm³/mol. The minimum atomic E-state index is -3.49. The topological polar surface area (TPSA) is 81.4 Å². The number of nitrogen functional groups attached to an aromatic ring is 1. The molecule has 0 aliphatic rings. The van der Waals surface area contributed by atoms with Gasteiger partial charge >= 0.3 is 0 Å². The second-order valence-corrected chi connectivity index (χ2v) is 5.66. The number of benzene rings is 1. The van der Waals surface area contributed by atoms with Crippen LogP contribution in [0, 0.1) is 0 Å². The first-order chi connectivity index (χ1) is 7.92. The quantitative estimate of drug-likeness (QED) is 0.588. The van der Waals surface area contributed by atoms with E-state index in [1.54, 1.807) is 12.1 Å². The standard InChI is InChI=1S/C11H18N2O3S/c1-9(2)16-7-6-13-17(14,15)11-5-3-4-10(12)8-11/h3-5,8-9,13H,6-7,12H2,1-2H3. The lowest BCUT2D eigenvalue weighted by Gasteiger charge is -2.09. The summed E-state index contributed by atoms with van der Waals surface area (Å²) >= 11 is 0. The zero-order valence-electron chi connectivity index (χ0n) is 10.0. The maximum atomic E-state index is 11.8. The Morgan fingerprint density at radius 2 is 2.12 bits per heavy atom. The number of nitrogens with two attached hydrogens (primary N) is 1. The highest BCUT2D eigenvalue weighted by molar-refractivity contribution is 7.89. The molecule has 0 fully saturated rings. The molecule has 1 aromatic rings. The lowest BCUT2D eigenvalue weighted by molar-refractivity contribution is 0.0834. The Balaban J connectivity index is 2.57. The van der Waals surface area contributed by atoms with Crippen molar-refractivity contribution in [2.24, 2.45) is 0 Å². The van der Waals surface area contributed by atoms with Gasteiger partial charge in [-0.1, -0.05) is 6.07 Å². The van der Waals surface area contributed by atoms with Crippen LogP contribution in [0.25, 0.3) is 0 Å². The molecule has 6 heteroatoms. The van der Waals surface area contributed by atoms with Crippen LogP contribution in [0.2, 0.25) is 0 Å². The van der Waals surface area contributed by atoms with Gasteiger partial charge in [-0.15, -0.1) is 0 Å². The van der Waals surface area contributed by atoms with Gasteiger partial charge in [-0.05, 0) is 32.0 Å². The fraction of sp³-hybridized carbons (Fsp3) is 0.455. The van der Waals surface area contributed by atoms with Crippen LogP contribution in [0.3, 0.4) is 0 Å². The van der Waals surface area contributed by atoms with Gasteiger partial charge in [0.25, 0.3) is 0 Å². The van der Waals surface area contributed by atoms with Gasteiger partial charge in [-0.2, -0.15) is 0 Å². The monoisotopic (exact) mass is 258 g/mol. The Morgan fingerprint density at radius 3 is 2.71 bits per heavy atom. The Labute approximate surface area is 102 Å². The number of hydrogen-bond acceptors (Lipinski definition) is 4. The maximum absolute atomic E-state index is 11.8. The molecule has 3 N–H and O–H groups in total. The van der Waals surface area contributed by atoms with Crippen molar-refractivity contribution < 1.29 is 13.2 Å². The SMILES string of the molecule is CC(C)OCCNS(=O)(=O)c1cccc(N)c1. The molecule has 1 rings (SSSR count). The molecule has 0 saturated carbocycles. The van der Waals surface area contributed by atoms with Crippen LogP contribution in [0.1, 0.15) is 13.8 Å². The van der Waals surface area contributed by atoms with Crippen molar-refractivity contribution in [2.75, 3.05) is 18.9 Å². The second-order valence-electron chi connectivity index (χ2n) is 3.89. The Morgan fingerprint density at radius 1 is 1.41 bits per heavy atom. The molecular weight excluding hydrogens is 240 g/mol. The van der Waals surface area contributed by atoms with E-state index in [0.717, 1.165) is 0 Å². The van der Waals surface area contributed by atoms with E-state index in [-0.39, 0.29) is 17.5 Å². The average Bonchev–Trinajstić information content (AvgIpc) is 2.24. The van der Waals surface area contributed by atoms with Crippen LogP contribution >= 0.6 is 0 Å². The van der Waals surface area contributed by atoms with Crippen LogP contribution in [-0.2, 0) is 14.8 Å². The van der Waals surface area contributed by atoms with E-state index in [1.807, 2.05) is 13.8 Å². The van der Waals surface area contributed by atoms with E-state index >= 15 is 0 Å². The van der Waals surface area contributed by atoms with Crippen LogP contribution in [-0.4, -0.2) is 27.7 Å². The molecule has 17 heavy (non-hydrogen) atoms. The van der Waals surface area contributed by atoms with Gasteiger partial charge in [0.2, 0.25) is 10.0 Å². The minimum absolute atomic E-state index is 0.0897. The number of hydrogen-bond donors (Lipinski definition) is 2. The van der Waals surface area contributed by atoms with Gasteiger partial charge in [-0.3, -0.25) is 0 Å². The van der Waals surface area contributed by atoms with E-state index < -0.39 is 10.0 Å². The highest BCUT2D eigenvalue weighted by Crippen LogP contribution is 2.12. The molecule has 5 nitrogen and oxygen atoms in total. The molecule has 96 valence electrons. The van der Waals surface area contributed by atoms with Crippen LogP contribution in [0.4, 0.5) is 5.69 Å².